The van der Waals surface area contributed by atoms with Crippen molar-refractivity contribution in [3.8, 4) is 0 Å². The lowest BCUT2D eigenvalue weighted by molar-refractivity contribution is -0.194. The standard InChI is InChI=1S/C13H20F3NO/c1-18-10-4-2-9(3-5-10)11-6-12(11,8-17-7-11)13(14,15)16/h9-10,17H,2-8H2,1H3/t9-,10-,11?,12?. The van der Waals surface area contributed by atoms with E-state index < -0.39 is 17.0 Å². The van der Waals surface area contributed by atoms with E-state index >= 15 is 0 Å². The molecule has 1 aliphatic heterocycles. The Hall–Kier alpha value is -0.290. The zero-order valence-corrected chi connectivity index (χ0v) is 10.6. The van der Waals surface area contributed by atoms with Gasteiger partial charge in [-0.3, -0.25) is 0 Å². The molecule has 18 heavy (non-hydrogen) atoms. The van der Waals surface area contributed by atoms with Crippen LogP contribution in [-0.4, -0.2) is 32.5 Å². The summed E-state index contributed by atoms with van der Waals surface area (Å²) in [5.74, 6) is 0.223. The summed E-state index contributed by atoms with van der Waals surface area (Å²) in [4.78, 5) is 0. The number of methoxy groups -OCH3 is 1. The second kappa shape index (κ2) is 3.85. The summed E-state index contributed by atoms with van der Waals surface area (Å²) in [7, 11) is 1.69. The summed E-state index contributed by atoms with van der Waals surface area (Å²) in [6.07, 6.45) is 0.156. The van der Waals surface area contributed by atoms with Gasteiger partial charge in [0.1, 0.15) is 0 Å². The van der Waals surface area contributed by atoms with E-state index in [0.29, 0.717) is 13.0 Å². The number of alkyl halides is 3. The minimum atomic E-state index is -4.05. The Labute approximate surface area is 105 Å². The number of hydrogen-bond acceptors (Lipinski definition) is 2. The van der Waals surface area contributed by atoms with Gasteiger partial charge >= 0.3 is 6.18 Å². The first kappa shape index (κ1) is 12.7. The van der Waals surface area contributed by atoms with E-state index in [-0.39, 0.29) is 18.6 Å². The third-order valence-electron chi connectivity index (χ3n) is 5.64. The maximum atomic E-state index is 13.3. The van der Waals surface area contributed by atoms with Crippen LogP contribution in [0.3, 0.4) is 0 Å². The van der Waals surface area contributed by atoms with Crippen LogP contribution in [0.15, 0.2) is 0 Å². The summed E-state index contributed by atoms with van der Waals surface area (Å²) in [6.45, 7) is 0.676. The monoisotopic (exact) mass is 263 g/mol. The predicted molar refractivity (Wildman–Crippen MR) is 61.2 cm³/mol. The van der Waals surface area contributed by atoms with Crippen molar-refractivity contribution in [3.05, 3.63) is 0 Å². The highest BCUT2D eigenvalue weighted by Gasteiger charge is 2.82. The van der Waals surface area contributed by atoms with Crippen molar-refractivity contribution in [1.82, 2.24) is 5.32 Å². The molecule has 2 unspecified atom stereocenters. The van der Waals surface area contributed by atoms with Gasteiger partial charge in [-0.2, -0.15) is 13.2 Å². The van der Waals surface area contributed by atoms with Crippen LogP contribution >= 0.6 is 0 Å². The summed E-state index contributed by atoms with van der Waals surface area (Å²) in [5.41, 5.74) is -1.91. The van der Waals surface area contributed by atoms with E-state index in [9.17, 15) is 13.2 Å². The molecule has 0 radical (unpaired) electrons. The minimum absolute atomic E-state index is 0.126. The Balaban J connectivity index is 1.74. The molecule has 5 heteroatoms. The quantitative estimate of drug-likeness (QED) is 0.827. The lowest BCUT2D eigenvalue weighted by atomic mass is 9.73. The summed E-state index contributed by atoms with van der Waals surface area (Å²) in [6, 6.07) is 0. The lowest BCUT2D eigenvalue weighted by Crippen LogP contribution is -2.36. The molecule has 1 N–H and O–H groups in total. The first-order valence-electron chi connectivity index (χ1n) is 6.75. The molecule has 2 aliphatic carbocycles. The molecule has 0 spiro atoms. The lowest BCUT2D eigenvalue weighted by Gasteiger charge is -2.34. The number of hydrogen-bond donors (Lipinski definition) is 1. The van der Waals surface area contributed by atoms with Gasteiger partial charge in [-0.25, -0.2) is 0 Å². The molecule has 3 fully saturated rings. The number of fused-ring (bicyclic) bond motifs is 1. The van der Waals surface area contributed by atoms with Crippen LogP contribution in [0, 0.1) is 16.7 Å². The highest BCUT2D eigenvalue weighted by atomic mass is 19.4. The maximum absolute atomic E-state index is 13.3. The van der Waals surface area contributed by atoms with Crippen molar-refractivity contribution in [3.63, 3.8) is 0 Å². The highest BCUT2D eigenvalue weighted by Crippen LogP contribution is 2.77. The van der Waals surface area contributed by atoms with E-state index in [1.165, 1.54) is 0 Å². The number of ether oxygens (including phenoxy) is 1. The molecule has 2 saturated carbocycles. The van der Waals surface area contributed by atoms with Crippen LogP contribution in [0.5, 0.6) is 0 Å². The highest BCUT2D eigenvalue weighted by molar-refractivity contribution is 5.25. The van der Waals surface area contributed by atoms with Crippen LogP contribution in [0.1, 0.15) is 32.1 Å². The summed E-state index contributed by atoms with van der Waals surface area (Å²) < 4.78 is 45.1. The fourth-order valence-electron chi connectivity index (χ4n) is 4.48. The Morgan fingerprint density at radius 1 is 1.11 bits per heavy atom. The number of halogens is 3. The van der Waals surface area contributed by atoms with E-state index in [0.717, 1.165) is 25.7 Å². The third kappa shape index (κ3) is 1.49. The largest absolute Gasteiger partial charge is 0.396 e. The van der Waals surface area contributed by atoms with Crippen LogP contribution in [0.2, 0.25) is 0 Å². The molecule has 0 amide bonds. The summed E-state index contributed by atoms with van der Waals surface area (Å²) in [5, 5.41) is 2.98. The number of piperidine rings is 1. The SMILES string of the molecule is CO[C@H]1CC[C@H](C23CNCC2(C(F)(F)F)C3)CC1. The molecule has 1 saturated heterocycles. The van der Waals surface area contributed by atoms with E-state index in [1.54, 1.807) is 7.11 Å². The molecule has 0 aromatic carbocycles. The van der Waals surface area contributed by atoms with Crippen molar-refractivity contribution in [2.75, 3.05) is 20.2 Å². The molecule has 0 aromatic rings. The zero-order chi connectivity index (χ0) is 13.0. The normalized spacial score (nSPS) is 48.0. The Kier molecular flexibility index (Phi) is 2.73. The van der Waals surface area contributed by atoms with Gasteiger partial charge in [-0.05, 0) is 38.0 Å². The maximum Gasteiger partial charge on any atom is 0.396 e. The van der Waals surface area contributed by atoms with Gasteiger partial charge in [-0.15, -0.1) is 0 Å². The van der Waals surface area contributed by atoms with E-state index in [4.69, 9.17) is 4.74 Å². The number of rotatable bonds is 2. The fourth-order valence-corrected chi connectivity index (χ4v) is 4.48. The van der Waals surface area contributed by atoms with Gasteiger partial charge in [-0.1, -0.05) is 0 Å². The molecule has 104 valence electrons. The average molecular weight is 263 g/mol. The van der Waals surface area contributed by atoms with Crippen molar-refractivity contribution in [2.24, 2.45) is 16.7 Å². The topological polar surface area (TPSA) is 21.3 Å². The summed E-state index contributed by atoms with van der Waals surface area (Å²) >= 11 is 0. The van der Waals surface area contributed by atoms with Crippen molar-refractivity contribution >= 4 is 0 Å². The molecule has 3 aliphatic rings. The first-order chi connectivity index (χ1) is 8.45. The molecular formula is C13H20F3NO. The molecule has 1 heterocycles. The minimum Gasteiger partial charge on any atom is -0.381 e. The van der Waals surface area contributed by atoms with Crippen LogP contribution in [-0.2, 0) is 4.74 Å². The van der Waals surface area contributed by atoms with Crippen molar-refractivity contribution in [2.45, 2.75) is 44.4 Å². The van der Waals surface area contributed by atoms with Crippen LogP contribution in [0.25, 0.3) is 0 Å². The molecule has 3 rings (SSSR count). The Bertz CT molecular complexity index is 338. The van der Waals surface area contributed by atoms with Gasteiger partial charge in [0, 0.05) is 25.6 Å². The molecule has 0 bridgehead atoms. The van der Waals surface area contributed by atoms with Gasteiger partial charge in [0.25, 0.3) is 0 Å². The fraction of sp³-hybridized carbons (Fsp3) is 1.00. The van der Waals surface area contributed by atoms with E-state index in [1.807, 2.05) is 0 Å². The Morgan fingerprint density at radius 3 is 2.28 bits per heavy atom. The molecular weight excluding hydrogens is 243 g/mol. The van der Waals surface area contributed by atoms with Crippen molar-refractivity contribution < 1.29 is 17.9 Å². The Morgan fingerprint density at radius 2 is 1.78 bits per heavy atom. The van der Waals surface area contributed by atoms with Gasteiger partial charge < -0.3 is 10.1 Å². The third-order valence-corrected chi connectivity index (χ3v) is 5.64. The molecule has 2 atom stereocenters. The van der Waals surface area contributed by atoms with Crippen molar-refractivity contribution in [1.29, 1.82) is 0 Å². The second-order valence-corrected chi connectivity index (χ2v) is 6.23. The van der Waals surface area contributed by atoms with E-state index in [2.05, 4.69) is 5.32 Å². The molecule has 0 aromatic heterocycles. The van der Waals surface area contributed by atoms with Gasteiger partial charge in [0.15, 0.2) is 0 Å². The second-order valence-electron chi connectivity index (χ2n) is 6.23. The van der Waals surface area contributed by atoms with Crippen LogP contribution < -0.4 is 5.32 Å². The smallest absolute Gasteiger partial charge is 0.381 e. The van der Waals surface area contributed by atoms with Gasteiger partial charge in [0.2, 0.25) is 0 Å². The number of nitrogens with one attached hydrogen (secondary N) is 1. The van der Waals surface area contributed by atoms with Crippen LogP contribution in [0.4, 0.5) is 13.2 Å². The first-order valence-corrected chi connectivity index (χ1v) is 6.75. The predicted octanol–water partition coefficient (Wildman–Crippen LogP) is 2.73. The average Bonchev–Trinajstić information content (AvgIpc) is 2.88. The molecule has 2 nitrogen and oxygen atoms in total. The zero-order valence-electron chi connectivity index (χ0n) is 10.6. The van der Waals surface area contributed by atoms with Gasteiger partial charge in [0.05, 0.1) is 11.5 Å².